The zero-order chi connectivity index (χ0) is 14.1. The summed E-state index contributed by atoms with van der Waals surface area (Å²) < 4.78 is 0. The first-order chi connectivity index (χ1) is 8.93. The molecule has 2 aliphatic rings. The van der Waals surface area contributed by atoms with E-state index in [0.717, 1.165) is 19.3 Å². The Morgan fingerprint density at radius 1 is 1.26 bits per heavy atom. The third kappa shape index (κ3) is 2.42. The molecule has 1 atom stereocenters. The van der Waals surface area contributed by atoms with Crippen molar-refractivity contribution < 1.29 is 14.7 Å². The molecule has 19 heavy (non-hydrogen) atoms. The van der Waals surface area contributed by atoms with Gasteiger partial charge in [0.05, 0.1) is 0 Å². The highest BCUT2D eigenvalue weighted by molar-refractivity contribution is 5.87. The number of urea groups is 1. The highest BCUT2D eigenvalue weighted by Gasteiger charge is 2.48. The van der Waals surface area contributed by atoms with Crippen molar-refractivity contribution in [2.75, 3.05) is 13.1 Å². The van der Waals surface area contributed by atoms with Gasteiger partial charge in [0, 0.05) is 13.1 Å². The van der Waals surface area contributed by atoms with E-state index in [2.05, 4.69) is 12.2 Å². The summed E-state index contributed by atoms with van der Waals surface area (Å²) in [7, 11) is 0. The third-order valence-electron chi connectivity index (χ3n) is 4.94. The van der Waals surface area contributed by atoms with Crippen molar-refractivity contribution in [3.8, 4) is 0 Å². The van der Waals surface area contributed by atoms with Crippen LogP contribution in [0.25, 0.3) is 0 Å². The van der Waals surface area contributed by atoms with Crippen molar-refractivity contribution in [1.82, 2.24) is 10.2 Å². The topological polar surface area (TPSA) is 69.6 Å². The summed E-state index contributed by atoms with van der Waals surface area (Å²) in [6, 6.07) is -0.213. The molecule has 2 N–H and O–H groups in total. The van der Waals surface area contributed by atoms with Crippen molar-refractivity contribution in [2.45, 2.75) is 57.9 Å². The molecule has 0 aromatic carbocycles. The van der Waals surface area contributed by atoms with Crippen LogP contribution in [0.3, 0.4) is 0 Å². The van der Waals surface area contributed by atoms with E-state index >= 15 is 0 Å². The van der Waals surface area contributed by atoms with E-state index in [9.17, 15) is 14.7 Å². The number of carbonyl (C=O) groups excluding carboxylic acids is 1. The predicted octanol–water partition coefficient (Wildman–Crippen LogP) is 2.22. The fourth-order valence-electron chi connectivity index (χ4n) is 3.26. The van der Waals surface area contributed by atoms with E-state index in [1.165, 1.54) is 11.3 Å². The van der Waals surface area contributed by atoms with Crippen molar-refractivity contribution in [3.05, 3.63) is 0 Å². The van der Waals surface area contributed by atoms with E-state index in [0.29, 0.717) is 25.9 Å². The Balaban J connectivity index is 1.99. The minimum absolute atomic E-state index is 0.213. The monoisotopic (exact) mass is 268 g/mol. The Morgan fingerprint density at radius 2 is 1.95 bits per heavy atom. The predicted molar refractivity (Wildman–Crippen MR) is 72.0 cm³/mol. The SMILES string of the molecule is CCC1(C(=O)O)CCCN1C(=O)NCC1(C)CCC1. The first-order valence-electron chi connectivity index (χ1n) is 7.22. The maximum Gasteiger partial charge on any atom is 0.329 e. The van der Waals surface area contributed by atoms with Gasteiger partial charge in [-0.15, -0.1) is 0 Å². The summed E-state index contributed by atoms with van der Waals surface area (Å²) >= 11 is 0. The molecule has 1 saturated carbocycles. The normalized spacial score (nSPS) is 28.8. The van der Waals surface area contributed by atoms with Crippen molar-refractivity contribution in [3.63, 3.8) is 0 Å². The number of nitrogens with one attached hydrogen (secondary N) is 1. The molecule has 5 nitrogen and oxygen atoms in total. The number of rotatable bonds is 4. The molecule has 108 valence electrons. The molecule has 1 aliphatic carbocycles. The van der Waals surface area contributed by atoms with Crippen molar-refractivity contribution >= 4 is 12.0 Å². The van der Waals surface area contributed by atoms with E-state index in [4.69, 9.17) is 0 Å². The molecule has 0 aromatic rings. The summed E-state index contributed by atoms with van der Waals surface area (Å²) in [5.74, 6) is -0.877. The van der Waals surface area contributed by atoms with Gasteiger partial charge in [-0.05, 0) is 37.5 Å². The van der Waals surface area contributed by atoms with Gasteiger partial charge in [0.2, 0.25) is 0 Å². The van der Waals surface area contributed by atoms with Crippen LogP contribution in [0.15, 0.2) is 0 Å². The second-order valence-corrected chi connectivity index (χ2v) is 6.27. The highest BCUT2D eigenvalue weighted by atomic mass is 16.4. The van der Waals surface area contributed by atoms with Gasteiger partial charge >= 0.3 is 12.0 Å². The summed E-state index contributed by atoms with van der Waals surface area (Å²) in [4.78, 5) is 25.3. The Labute approximate surface area is 114 Å². The molecule has 0 aromatic heterocycles. The quantitative estimate of drug-likeness (QED) is 0.821. The minimum atomic E-state index is -0.995. The van der Waals surface area contributed by atoms with Gasteiger partial charge in [0.15, 0.2) is 0 Å². The average molecular weight is 268 g/mol. The first kappa shape index (κ1) is 14.2. The molecular weight excluding hydrogens is 244 g/mol. The number of aliphatic carboxylic acids is 1. The molecule has 0 bridgehead atoms. The van der Waals surface area contributed by atoms with E-state index in [-0.39, 0.29) is 11.4 Å². The molecule has 1 unspecified atom stereocenters. The lowest BCUT2D eigenvalue weighted by molar-refractivity contribution is -0.148. The summed E-state index contributed by atoms with van der Waals surface area (Å²) in [6.45, 7) is 5.21. The zero-order valence-corrected chi connectivity index (χ0v) is 11.9. The van der Waals surface area contributed by atoms with E-state index < -0.39 is 11.5 Å². The molecule has 2 amide bonds. The molecule has 2 rings (SSSR count). The molecule has 5 heteroatoms. The van der Waals surface area contributed by atoms with Gasteiger partial charge in [-0.2, -0.15) is 0 Å². The Morgan fingerprint density at radius 3 is 2.42 bits per heavy atom. The van der Waals surface area contributed by atoms with Crippen LogP contribution in [0, 0.1) is 5.41 Å². The van der Waals surface area contributed by atoms with Crippen LogP contribution in [-0.2, 0) is 4.79 Å². The number of carboxylic acid groups (broad SMARTS) is 1. The molecule has 1 heterocycles. The van der Waals surface area contributed by atoms with Gasteiger partial charge in [-0.25, -0.2) is 9.59 Å². The summed E-state index contributed by atoms with van der Waals surface area (Å²) in [5, 5.41) is 12.4. The van der Waals surface area contributed by atoms with Gasteiger partial charge in [0.1, 0.15) is 5.54 Å². The number of likely N-dealkylation sites (tertiary alicyclic amines) is 1. The average Bonchev–Trinajstić information content (AvgIpc) is 2.78. The van der Waals surface area contributed by atoms with Gasteiger partial charge in [-0.1, -0.05) is 20.3 Å². The first-order valence-corrected chi connectivity index (χ1v) is 7.22. The van der Waals surface area contributed by atoms with E-state index in [1.807, 2.05) is 6.92 Å². The molecule has 1 aliphatic heterocycles. The van der Waals surface area contributed by atoms with Gasteiger partial charge in [0.25, 0.3) is 0 Å². The lowest BCUT2D eigenvalue weighted by Gasteiger charge is -2.40. The molecule has 0 spiro atoms. The minimum Gasteiger partial charge on any atom is -0.479 e. The summed E-state index contributed by atoms with van der Waals surface area (Å²) in [6.07, 6.45) is 5.31. The number of amides is 2. The highest BCUT2D eigenvalue weighted by Crippen LogP contribution is 2.39. The number of nitrogens with zero attached hydrogens (tertiary/aromatic N) is 1. The van der Waals surface area contributed by atoms with Gasteiger partial charge < -0.3 is 15.3 Å². The largest absolute Gasteiger partial charge is 0.479 e. The van der Waals surface area contributed by atoms with Crippen molar-refractivity contribution in [1.29, 1.82) is 0 Å². The third-order valence-corrected chi connectivity index (χ3v) is 4.94. The number of carboxylic acids is 1. The number of hydrogen-bond donors (Lipinski definition) is 2. The standard InChI is InChI=1S/C14H24N2O3/c1-3-14(11(17)18)8-5-9-16(14)12(19)15-10-13(2)6-4-7-13/h3-10H2,1-2H3,(H,15,19)(H,17,18). The van der Waals surface area contributed by atoms with E-state index in [1.54, 1.807) is 0 Å². The fourth-order valence-corrected chi connectivity index (χ4v) is 3.26. The van der Waals surface area contributed by atoms with Gasteiger partial charge in [-0.3, -0.25) is 0 Å². The van der Waals surface area contributed by atoms with Crippen LogP contribution >= 0.6 is 0 Å². The van der Waals surface area contributed by atoms with Crippen LogP contribution in [-0.4, -0.2) is 40.6 Å². The lowest BCUT2D eigenvalue weighted by Crippen LogP contribution is -2.56. The Hall–Kier alpha value is -1.26. The van der Waals surface area contributed by atoms with Crippen LogP contribution in [0.2, 0.25) is 0 Å². The smallest absolute Gasteiger partial charge is 0.329 e. The summed E-state index contributed by atoms with van der Waals surface area (Å²) in [5.41, 5.74) is -0.780. The molecule has 1 saturated heterocycles. The van der Waals surface area contributed by atoms with Crippen LogP contribution in [0.4, 0.5) is 4.79 Å². The zero-order valence-electron chi connectivity index (χ0n) is 11.9. The van der Waals surface area contributed by atoms with Crippen LogP contribution < -0.4 is 5.32 Å². The van der Waals surface area contributed by atoms with Crippen molar-refractivity contribution in [2.24, 2.45) is 5.41 Å². The number of hydrogen-bond acceptors (Lipinski definition) is 2. The van der Waals surface area contributed by atoms with Crippen LogP contribution in [0.1, 0.15) is 52.4 Å². The Bertz CT molecular complexity index is 379. The lowest BCUT2D eigenvalue weighted by atomic mass is 9.70. The molecule has 2 fully saturated rings. The second-order valence-electron chi connectivity index (χ2n) is 6.27. The molecule has 0 radical (unpaired) electrons. The molecular formula is C14H24N2O3. The fraction of sp³-hybridized carbons (Fsp3) is 0.857. The second kappa shape index (κ2) is 5.02. The maximum atomic E-state index is 12.3. The Kier molecular flexibility index (Phi) is 3.74. The van der Waals surface area contributed by atoms with Crippen LogP contribution in [0.5, 0.6) is 0 Å². The number of carbonyl (C=O) groups is 2. The maximum absolute atomic E-state index is 12.3.